The van der Waals surface area contributed by atoms with Crippen LogP contribution in [0.1, 0.15) is 62.7 Å². The van der Waals surface area contributed by atoms with Crippen molar-refractivity contribution in [1.29, 1.82) is 0 Å². The van der Waals surface area contributed by atoms with Crippen molar-refractivity contribution in [3.63, 3.8) is 0 Å². The second kappa shape index (κ2) is 8.56. The number of nitrogens with one attached hydrogen (secondary N) is 2. The van der Waals surface area contributed by atoms with Gasteiger partial charge in [0.1, 0.15) is 0 Å². The summed E-state index contributed by atoms with van der Waals surface area (Å²) in [6, 6.07) is 6.88. The maximum Gasteiger partial charge on any atom is 0.251 e. The molecule has 1 amide bonds. The lowest BCUT2D eigenvalue weighted by molar-refractivity contribution is 0.0923. The van der Waals surface area contributed by atoms with E-state index >= 15 is 0 Å². The molecule has 2 unspecified atom stereocenters. The van der Waals surface area contributed by atoms with E-state index in [2.05, 4.69) is 17.6 Å². The number of rotatable bonds is 8. The number of ether oxygens (including phenoxy) is 2. The molecule has 2 fully saturated rings. The number of amides is 1. The van der Waals surface area contributed by atoms with Gasteiger partial charge in [-0.1, -0.05) is 13.3 Å². The summed E-state index contributed by atoms with van der Waals surface area (Å²) in [5.41, 5.74) is 0.636. The molecule has 2 aliphatic heterocycles. The Morgan fingerprint density at radius 3 is 2.60 bits per heavy atom. The highest BCUT2D eigenvalue weighted by atomic mass is 16.5. The Morgan fingerprint density at radius 1 is 1.16 bits per heavy atom. The summed E-state index contributed by atoms with van der Waals surface area (Å²) in [7, 11) is 0. The van der Waals surface area contributed by atoms with Gasteiger partial charge in [0.25, 0.3) is 5.91 Å². The molecule has 0 spiro atoms. The van der Waals surface area contributed by atoms with Gasteiger partial charge < -0.3 is 20.1 Å². The first kappa shape index (κ1) is 18.1. The Labute approximate surface area is 150 Å². The van der Waals surface area contributed by atoms with Crippen molar-refractivity contribution in [2.45, 2.75) is 70.5 Å². The van der Waals surface area contributed by atoms with E-state index in [1.165, 1.54) is 12.8 Å². The van der Waals surface area contributed by atoms with E-state index < -0.39 is 0 Å². The molecule has 2 bridgehead atoms. The van der Waals surface area contributed by atoms with Crippen LogP contribution in [0.4, 0.5) is 0 Å². The zero-order valence-corrected chi connectivity index (χ0v) is 15.3. The van der Waals surface area contributed by atoms with Gasteiger partial charge >= 0.3 is 0 Å². The first-order valence-corrected chi connectivity index (χ1v) is 9.66. The molecule has 138 valence electrons. The molecule has 1 aromatic rings. The highest BCUT2D eigenvalue weighted by Gasteiger charge is 2.34. The molecule has 0 aliphatic carbocycles. The van der Waals surface area contributed by atoms with Gasteiger partial charge in [-0.05, 0) is 57.2 Å². The Bertz CT molecular complexity index is 578. The van der Waals surface area contributed by atoms with Crippen LogP contribution in [0, 0.1) is 0 Å². The van der Waals surface area contributed by atoms with Crippen molar-refractivity contribution < 1.29 is 14.3 Å². The number of unbranched alkanes of at least 4 members (excludes halogenated alkanes) is 1. The first-order valence-electron chi connectivity index (χ1n) is 9.66. The van der Waals surface area contributed by atoms with Crippen LogP contribution >= 0.6 is 0 Å². The molecule has 5 nitrogen and oxygen atoms in total. The summed E-state index contributed by atoms with van der Waals surface area (Å²) in [6.07, 6.45) is 6.61. The number of carbonyl (C=O) groups is 1. The van der Waals surface area contributed by atoms with Gasteiger partial charge in [-0.25, -0.2) is 0 Å². The lowest BCUT2D eigenvalue weighted by Gasteiger charge is -2.29. The third kappa shape index (κ3) is 4.66. The summed E-state index contributed by atoms with van der Waals surface area (Å²) in [4.78, 5) is 12.6. The monoisotopic (exact) mass is 346 g/mol. The topological polar surface area (TPSA) is 59.6 Å². The van der Waals surface area contributed by atoms with Gasteiger partial charge in [-0.3, -0.25) is 4.79 Å². The summed E-state index contributed by atoms with van der Waals surface area (Å²) in [5.74, 6) is 1.34. The number of fused-ring (bicyclic) bond motifs is 2. The molecule has 3 rings (SSSR count). The molecule has 5 heteroatoms. The predicted octanol–water partition coefficient (Wildman–Crippen LogP) is 3.28. The van der Waals surface area contributed by atoms with Crippen LogP contribution < -0.4 is 20.1 Å². The van der Waals surface area contributed by atoms with Crippen LogP contribution in [-0.2, 0) is 0 Å². The van der Waals surface area contributed by atoms with Crippen molar-refractivity contribution in [3.05, 3.63) is 23.8 Å². The minimum absolute atomic E-state index is 0.0210. The Morgan fingerprint density at radius 2 is 1.92 bits per heavy atom. The standard InChI is InChI=1S/C20H30N2O3/c1-3-5-10-25-18-9-6-14(11-19(18)24-4-2)20(23)22-17-12-15-7-8-16(13-17)21-15/h6,9,11,15-17,21H,3-5,7-8,10,12-13H2,1-2H3,(H,22,23). The highest BCUT2D eigenvalue weighted by Crippen LogP contribution is 2.30. The molecule has 2 heterocycles. The second-order valence-corrected chi connectivity index (χ2v) is 7.08. The fourth-order valence-corrected chi connectivity index (χ4v) is 3.81. The summed E-state index contributed by atoms with van der Waals surface area (Å²) in [5, 5.41) is 6.80. The van der Waals surface area contributed by atoms with E-state index in [0.29, 0.717) is 42.4 Å². The van der Waals surface area contributed by atoms with E-state index in [1.807, 2.05) is 19.1 Å². The minimum atomic E-state index is -0.0210. The zero-order valence-electron chi connectivity index (χ0n) is 15.3. The molecule has 1 aromatic carbocycles. The Hall–Kier alpha value is -1.75. The molecular weight excluding hydrogens is 316 g/mol. The highest BCUT2D eigenvalue weighted by molar-refractivity contribution is 5.95. The van der Waals surface area contributed by atoms with Gasteiger partial charge in [-0.15, -0.1) is 0 Å². The smallest absolute Gasteiger partial charge is 0.251 e. The summed E-state index contributed by atoms with van der Waals surface area (Å²) in [6.45, 7) is 5.29. The fourth-order valence-electron chi connectivity index (χ4n) is 3.81. The van der Waals surface area contributed by atoms with E-state index in [4.69, 9.17) is 9.47 Å². The quantitative estimate of drug-likeness (QED) is 0.709. The molecule has 0 aromatic heterocycles. The van der Waals surface area contributed by atoms with Gasteiger partial charge in [0.15, 0.2) is 11.5 Å². The largest absolute Gasteiger partial charge is 0.490 e. The maximum atomic E-state index is 12.6. The van der Waals surface area contributed by atoms with Crippen LogP contribution in [0.5, 0.6) is 11.5 Å². The van der Waals surface area contributed by atoms with Gasteiger partial charge in [0, 0.05) is 23.7 Å². The number of hydrogen-bond donors (Lipinski definition) is 2. The molecule has 2 N–H and O–H groups in total. The number of hydrogen-bond acceptors (Lipinski definition) is 4. The third-order valence-electron chi connectivity index (χ3n) is 5.07. The molecule has 0 saturated carbocycles. The molecule has 2 atom stereocenters. The van der Waals surface area contributed by atoms with Crippen LogP contribution in [0.15, 0.2) is 18.2 Å². The molecule has 25 heavy (non-hydrogen) atoms. The second-order valence-electron chi connectivity index (χ2n) is 7.08. The van der Waals surface area contributed by atoms with E-state index in [1.54, 1.807) is 6.07 Å². The van der Waals surface area contributed by atoms with Crippen LogP contribution in [-0.4, -0.2) is 37.2 Å². The Balaban J connectivity index is 1.64. The normalized spacial score (nSPS) is 24.8. The Kier molecular flexibility index (Phi) is 6.19. The molecule has 2 aliphatic rings. The maximum absolute atomic E-state index is 12.6. The SMILES string of the molecule is CCCCOc1ccc(C(=O)NC2CC3CCC(C2)N3)cc1OCC. The lowest BCUT2D eigenvalue weighted by atomic mass is 9.99. The fraction of sp³-hybridized carbons (Fsp3) is 0.650. The summed E-state index contributed by atoms with van der Waals surface area (Å²) >= 11 is 0. The lowest BCUT2D eigenvalue weighted by Crippen LogP contribution is -2.48. The molecule has 2 saturated heterocycles. The van der Waals surface area contributed by atoms with Crippen LogP contribution in [0.2, 0.25) is 0 Å². The van der Waals surface area contributed by atoms with Gasteiger partial charge in [-0.2, -0.15) is 0 Å². The predicted molar refractivity (Wildman–Crippen MR) is 98.4 cm³/mol. The van der Waals surface area contributed by atoms with Crippen molar-refractivity contribution in [2.24, 2.45) is 0 Å². The summed E-state index contributed by atoms with van der Waals surface area (Å²) < 4.78 is 11.5. The van der Waals surface area contributed by atoms with Crippen LogP contribution in [0.3, 0.4) is 0 Å². The van der Waals surface area contributed by atoms with Crippen molar-refractivity contribution in [1.82, 2.24) is 10.6 Å². The number of benzene rings is 1. The number of piperidine rings is 1. The van der Waals surface area contributed by atoms with E-state index in [0.717, 1.165) is 25.7 Å². The van der Waals surface area contributed by atoms with Crippen molar-refractivity contribution in [2.75, 3.05) is 13.2 Å². The van der Waals surface area contributed by atoms with Crippen LogP contribution in [0.25, 0.3) is 0 Å². The average molecular weight is 346 g/mol. The number of carbonyl (C=O) groups excluding carboxylic acids is 1. The van der Waals surface area contributed by atoms with Crippen molar-refractivity contribution >= 4 is 5.91 Å². The average Bonchev–Trinajstić information content (AvgIpc) is 2.95. The third-order valence-corrected chi connectivity index (χ3v) is 5.07. The van der Waals surface area contributed by atoms with Gasteiger partial charge in [0.05, 0.1) is 13.2 Å². The van der Waals surface area contributed by atoms with Crippen molar-refractivity contribution in [3.8, 4) is 11.5 Å². The molecule has 0 radical (unpaired) electrons. The molecular formula is C20H30N2O3. The van der Waals surface area contributed by atoms with Gasteiger partial charge in [0.2, 0.25) is 0 Å². The zero-order chi connectivity index (χ0) is 17.6. The van der Waals surface area contributed by atoms with E-state index in [9.17, 15) is 4.79 Å². The first-order chi connectivity index (χ1) is 12.2. The minimum Gasteiger partial charge on any atom is -0.490 e. The van der Waals surface area contributed by atoms with E-state index in [-0.39, 0.29) is 11.9 Å².